The van der Waals surface area contributed by atoms with Crippen LogP contribution >= 0.6 is 23.2 Å². The van der Waals surface area contributed by atoms with Gasteiger partial charge in [-0.3, -0.25) is 9.69 Å². The number of morpholine rings is 1. The zero-order chi connectivity index (χ0) is 21.4. The highest BCUT2D eigenvalue weighted by Crippen LogP contribution is 2.33. The molecule has 5 nitrogen and oxygen atoms in total. The molecule has 0 aromatic heterocycles. The lowest BCUT2D eigenvalue weighted by molar-refractivity contribution is -0.0858. The Morgan fingerprint density at radius 3 is 2.63 bits per heavy atom. The van der Waals surface area contributed by atoms with Gasteiger partial charge in [-0.25, -0.2) is 8.78 Å². The Morgan fingerprint density at radius 2 is 1.90 bits per heavy atom. The van der Waals surface area contributed by atoms with E-state index in [0.717, 1.165) is 5.56 Å². The van der Waals surface area contributed by atoms with Crippen molar-refractivity contribution in [2.75, 3.05) is 39.9 Å². The van der Waals surface area contributed by atoms with Crippen LogP contribution in [0.1, 0.15) is 22.0 Å². The number of nitrogens with zero attached hydrogens (tertiary/aromatic N) is 2. The summed E-state index contributed by atoms with van der Waals surface area (Å²) in [5.74, 6) is -1.36. The number of benzene rings is 2. The zero-order valence-corrected chi connectivity index (χ0v) is 17.7. The van der Waals surface area contributed by atoms with Crippen molar-refractivity contribution >= 4 is 29.1 Å². The van der Waals surface area contributed by atoms with Gasteiger partial charge in [-0.15, -0.1) is 0 Å². The number of piperazine rings is 1. The Morgan fingerprint density at radius 1 is 1.13 bits per heavy atom. The molecule has 0 N–H and O–H groups in total. The van der Waals surface area contributed by atoms with Crippen LogP contribution in [-0.2, 0) is 4.74 Å². The van der Waals surface area contributed by atoms with Crippen LogP contribution in [0, 0.1) is 11.6 Å². The Labute approximate surface area is 183 Å². The number of carbonyl (C=O) groups is 1. The van der Waals surface area contributed by atoms with E-state index < -0.39 is 17.5 Å². The summed E-state index contributed by atoms with van der Waals surface area (Å²) < 4.78 is 38.8. The lowest BCUT2D eigenvalue weighted by Gasteiger charge is -2.46. The fraction of sp³-hybridized carbons (Fsp3) is 0.381. The van der Waals surface area contributed by atoms with Gasteiger partial charge in [-0.2, -0.15) is 0 Å². The van der Waals surface area contributed by atoms with E-state index in [9.17, 15) is 13.6 Å². The van der Waals surface area contributed by atoms with Gasteiger partial charge < -0.3 is 14.4 Å². The third-order valence-corrected chi connectivity index (χ3v) is 6.25. The minimum Gasteiger partial charge on any atom is -0.495 e. The summed E-state index contributed by atoms with van der Waals surface area (Å²) in [4.78, 5) is 16.8. The SMILES string of the molecule is COc1ccc(F)c(C(=O)N2CCN3C[C@@H](c4ccc(F)c(Cl)c4)OC[C@@H]3C2)c1Cl. The first-order valence-corrected chi connectivity index (χ1v) is 10.3. The molecule has 160 valence electrons. The molecular weight excluding hydrogens is 437 g/mol. The van der Waals surface area contributed by atoms with Crippen LogP contribution in [0.15, 0.2) is 30.3 Å². The minimum atomic E-state index is -0.679. The predicted molar refractivity (Wildman–Crippen MR) is 109 cm³/mol. The molecule has 2 saturated heterocycles. The van der Waals surface area contributed by atoms with Crippen molar-refractivity contribution in [1.82, 2.24) is 9.80 Å². The summed E-state index contributed by atoms with van der Waals surface area (Å²) in [6.07, 6.45) is -0.230. The van der Waals surface area contributed by atoms with Gasteiger partial charge in [0.25, 0.3) is 5.91 Å². The largest absolute Gasteiger partial charge is 0.495 e. The van der Waals surface area contributed by atoms with Crippen LogP contribution in [0.3, 0.4) is 0 Å². The summed E-state index contributed by atoms with van der Waals surface area (Å²) >= 11 is 12.1. The third-order valence-electron chi connectivity index (χ3n) is 5.59. The highest BCUT2D eigenvalue weighted by atomic mass is 35.5. The molecule has 0 aliphatic carbocycles. The van der Waals surface area contributed by atoms with Gasteiger partial charge in [0.1, 0.15) is 17.4 Å². The van der Waals surface area contributed by atoms with E-state index in [4.69, 9.17) is 32.7 Å². The van der Waals surface area contributed by atoms with Crippen molar-refractivity contribution in [3.8, 4) is 5.75 Å². The first-order valence-electron chi connectivity index (χ1n) is 9.51. The van der Waals surface area contributed by atoms with Gasteiger partial charge in [0, 0.05) is 26.2 Å². The molecule has 2 aromatic rings. The van der Waals surface area contributed by atoms with Crippen LogP contribution < -0.4 is 4.74 Å². The van der Waals surface area contributed by atoms with Crippen molar-refractivity contribution in [2.24, 2.45) is 0 Å². The molecule has 0 spiro atoms. The molecule has 2 aliphatic heterocycles. The van der Waals surface area contributed by atoms with Crippen LogP contribution in [0.4, 0.5) is 8.78 Å². The summed E-state index contributed by atoms with van der Waals surface area (Å²) in [7, 11) is 1.41. The Hall–Kier alpha value is -1.93. The van der Waals surface area contributed by atoms with Gasteiger partial charge >= 0.3 is 0 Å². The Bertz CT molecular complexity index is 976. The maximum absolute atomic E-state index is 14.3. The predicted octanol–water partition coefficient (Wildman–Crippen LogP) is 4.18. The molecule has 9 heteroatoms. The van der Waals surface area contributed by atoms with E-state index in [2.05, 4.69) is 4.90 Å². The monoisotopic (exact) mass is 456 g/mol. The summed E-state index contributed by atoms with van der Waals surface area (Å²) in [5, 5.41) is 0.0314. The molecule has 0 bridgehead atoms. The molecular formula is C21H20Cl2F2N2O3. The third kappa shape index (κ3) is 3.99. The number of hydrogen-bond donors (Lipinski definition) is 0. The molecule has 2 aliphatic rings. The van der Waals surface area contributed by atoms with E-state index in [0.29, 0.717) is 32.8 Å². The maximum atomic E-state index is 14.3. The molecule has 2 heterocycles. The summed E-state index contributed by atoms with van der Waals surface area (Å²) in [6.45, 7) is 2.41. The maximum Gasteiger partial charge on any atom is 0.258 e. The highest BCUT2D eigenvalue weighted by Gasteiger charge is 2.37. The van der Waals surface area contributed by atoms with E-state index in [1.165, 1.54) is 25.3 Å². The second-order valence-corrected chi connectivity index (χ2v) is 8.12. The van der Waals surface area contributed by atoms with Crippen LogP contribution in [-0.4, -0.2) is 61.6 Å². The number of fused-ring (bicyclic) bond motifs is 1. The van der Waals surface area contributed by atoms with Crippen molar-refractivity contribution in [3.05, 3.63) is 63.1 Å². The standard InChI is InChI=1S/C21H20Cl2F2N2O3/c1-29-17-5-4-16(25)19(20(17)23)21(28)27-7-6-26-10-18(30-11-13(26)9-27)12-2-3-15(24)14(22)8-12/h2-5,8,13,18H,6-7,9-11H2,1H3/t13-,18-/m0/s1. The van der Waals surface area contributed by atoms with Gasteiger partial charge in [0.2, 0.25) is 0 Å². The first kappa shape index (κ1) is 21.3. The van der Waals surface area contributed by atoms with E-state index in [-0.39, 0.29) is 33.5 Å². The summed E-state index contributed by atoms with van der Waals surface area (Å²) in [5.41, 5.74) is 0.628. The topological polar surface area (TPSA) is 42.0 Å². The molecule has 4 rings (SSSR count). The zero-order valence-electron chi connectivity index (χ0n) is 16.2. The second kappa shape index (κ2) is 8.67. The normalized spacial score (nSPS) is 22.0. The van der Waals surface area contributed by atoms with Crippen molar-refractivity contribution in [2.45, 2.75) is 12.1 Å². The second-order valence-electron chi connectivity index (χ2n) is 7.33. The number of halogens is 4. The lowest BCUT2D eigenvalue weighted by Crippen LogP contribution is -2.59. The Kier molecular flexibility index (Phi) is 6.16. The number of rotatable bonds is 3. The molecule has 2 fully saturated rings. The smallest absolute Gasteiger partial charge is 0.258 e. The minimum absolute atomic E-state index is 0.0256. The molecule has 2 aromatic carbocycles. The summed E-state index contributed by atoms with van der Waals surface area (Å²) in [6, 6.07) is 7.12. The van der Waals surface area contributed by atoms with Crippen molar-refractivity contribution in [3.63, 3.8) is 0 Å². The molecule has 0 saturated carbocycles. The average molecular weight is 457 g/mol. The van der Waals surface area contributed by atoms with E-state index in [1.807, 2.05) is 0 Å². The molecule has 0 radical (unpaired) electrons. The van der Waals surface area contributed by atoms with Crippen LogP contribution in [0.2, 0.25) is 10.0 Å². The molecule has 30 heavy (non-hydrogen) atoms. The van der Waals surface area contributed by atoms with Crippen LogP contribution in [0.5, 0.6) is 5.75 Å². The van der Waals surface area contributed by atoms with Gasteiger partial charge in [-0.05, 0) is 29.8 Å². The first-order chi connectivity index (χ1) is 14.4. The van der Waals surface area contributed by atoms with E-state index >= 15 is 0 Å². The average Bonchev–Trinajstić information content (AvgIpc) is 2.75. The highest BCUT2D eigenvalue weighted by molar-refractivity contribution is 6.35. The fourth-order valence-corrected chi connectivity index (χ4v) is 4.43. The molecule has 0 unspecified atom stereocenters. The number of methoxy groups -OCH3 is 1. The number of amides is 1. The van der Waals surface area contributed by atoms with E-state index in [1.54, 1.807) is 17.0 Å². The van der Waals surface area contributed by atoms with Gasteiger partial charge in [0.15, 0.2) is 0 Å². The van der Waals surface area contributed by atoms with Crippen molar-refractivity contribution < 1.29 is 23.0 Å². The van der Waals surface area contributed by atoms with Gasteiger partial charge in [0.05, 0.1) is 41.5 Å². The molecule has 2 atom stereocenters. The number of carbonyl (C=O) groups excluding carboxylic acids is 1. The fourth-order valence-electron chi connectivity index (χ4n) is 3.93. The van der Waals surface area contributed by atoms with Crippen LogP contribution in [0.25, 0.3) is 0 Å². The van der Waals surface area contributed by atoms with Crippen molar-refractivity contribution in [1.29, 1.82) is 0 Å². The Balaban J connectivity index is 1.46. The quantitative estimate of drug-likeness (QED) is 0.694. The number of hydrogen-bond acceptors (Lipinski definition) is 4. The van der Waals surface area contributed by atoms with Gasteiger partial charge in [-0.1, -0.05) is 29.3 Å². The number of ether oxygens (including phenoxy) is 2. The lowest BCUT2D eigenvalue weighted by atomic mass is 10.0. The molecule has 1 amide bonds.